The summed E-state index contributed by atoms with van der Waals surface area (Å²) in [5.41, 5.74) is 10.5. The Hall–Kier alpha value is -4.96. The minimum absolute atomic E-state index is 0.839. The quantitative estimate of drug-likeness (QED) is 0.265. The van der Waals surface area contributed by atoms with Gasteiger partial charge in [0.25, 0.3) is 0 Å². The lowest BCUT2D eigenvalue weighted by atomic mass is 9.99. The largest absolute Gasteiger partial charge is 0.265 e. The lowest BCUT2D eigenvalue weighted by molar-refractivity contribution is 1.25. The van der Waals surface area contributed by atoms with E-state index in [4.69, 9.17) is 0 Å². The van der Waals surface area contributed by atoms with Crippen LogP contribution >= 0.6 is 0 Å². The number of hydrogen-bond donors (Lipinski definition) is 0. The Balaban J connectivity index is 1.30. The molecule has 0 N–H and O–H groups in total. The predicted octanol–water partition coefficient (Wildman–Crippen LogP) is 7.60. The van der Waals surface area contributed by atoms with Gasteiger partial charge in [-0.3, -0.25) is 19.9 Å². The lowest BCUT2D eigenvalue weighted by Crippen LogP contribution is -1.90. The first-order valence-electron chi connectivity index (χ1n) is 11.8. The molecule has 0 unspecified atom stereocenters. The first kappa shape index (κ1) is 21.6. The Morgan fingerprint density at radius 1 is 0.306 bits per heavy atom. The summed E-state index contributed by atoms with van der Waals surface area (Å²) in [6, 6.07) is 35.2. The Morgan fingerprint density at radius 2 is 0.833 bits per heavy atom. The van der Waals surface area contributed by atoms with E-state index in [1.807, 2.05) is 73.4 Å². The standard InChI is InChI=1S/C32H22N4/c1-2-15-34-30(6-1)29-5-3-4-26(20-29)28-14-19-36-32(22-28)31-21-27(13-18-35-31)24-9-7-23(8-10-24)25-11-16-33-17-12-25/h1-22H. The fourth-order valence-corrected chi connectivity index (χ4v) is 4.29. The molecule has 0 fully saturated rings. The zero-order valence-corrected chi connectivity index (χ0v) is 19.5. The smallest absolute Gasteiger partial charge is 0.0892 e. The van der Waals surface area contributed by atoms with Crippen LogP contribution in [0.4, 0.5) is 0 Å². The van der Waals surface area contributed by atoms with Gasteiger partial charge in [0.1, 0.15) is 0 Å². The average Bonchev–Trinajstić information content (AvgIpc) is 2.98. The second kappa shape index (κ2) is 9.72. The molecule has 0 spiro atoms. The summed E-state index contributed by atoms with van der Waals surface area (Å²) in [4.78, 5) is 17.8. The monoisotopic (exact) mass is 462 g/mol. The van der Waals surface area contributed by atoms with E-state index in [2.05, 4.69) is 80.6 Å². The van der Waals surface area contributed by atoms with E-state index in [0.29, 0.717) is 0 Å². The van der Waals surface area contributed by atoms with Crippen molar-refractivity contribution >= 4 is 0 Å². The second-order valence-corrected chi connectivity index (χ2v) is 8.47. The third kappa shape index (κ3) is 4.52. The maximum Gasteiger partial charge on any atom is 0.0892 e. The molecule has 0 saturated heterocycles. The lowest BCUT2D eigenvalue weighted by Gasteiger charge is -2.09. The summed E-state index contributed by atoms with van der Waals surface area (Å²) >= 11 is 0. The Morgan fingerprint density at radius 3 is 1.50 bits per heavy atom. The molecule has 6 aromatic rings. The van der Waals surface area contributed by atoms with E-state index >= 15 is 0 Å². The van der Waals surface area contributed by atoms with Crippen LogP contribution in [0, 0.1) is 0 Å². The summed E-state index contributed by atoms with van der Waals surface area (Å²) in [6.45, 7) is 0. The highest BCUT2D eigenvalue weighted by Crippen LogP contribution is 2.30. The van der Waals surface area contributed by atoms with Gasteiger partial charge in [-0.1, -0.05) is 48.5 Å². The Kier molecular flexibility index (Phi) is 5.83. The summed E-state index contributed by atoms with van der Waals surface area (Å²) in [5, 5.41) is 0. The summed E-state index contributed by atoms with van der Waals surface area (Å²) < 4.78 is 0. The molecule has 4 aromatic heterocycles. The molecule has 36 heavy (non-hydrogen) atoms. The molecule has 0 aliphatic rings. The molecular formula is C32H22N4. The molecule has 0 aliphatic heterocycles. The minimum atomic E-state index is 0.839. The third-order valence-corrected chi connectivity index (χ3v) is 6.17. The molecule has 170 valence electrons. The molecular weight excluding hydrogens is 440 g/mol. The zero-order valence-electron chi connectivity index (χ0n) is 19.5. The summed E-state index contributed by atoms with van der Waals surface area (Å²) in [6.07, 6.45) is 9.13. The maximum atomic E-state index is 4.62. The van der Waals surface area contributed by atoms with Gasteiger partial charge in [0, 0.05) is 36.5 Å². The second-order valence-electron chi connectivity index (χ2n) is 8.47. The molecule has 4 nitrogen and oxygen atoms in total. The number of pyridine rings is 4. The minimum Gasteiger partial charge on any atom is -0.265 e. The van der Waals surface area contributed by atoms with E-state index in [0.717, 1.165) is 56.0 Å². The van der Waals surface area contributed by atoms with Crippen molar-refractivity contribution in [3.63, 3.8) is 0 Å². The molecule has 6 rings (SSSR count). The summed E-state index contributed by atoms with van der Waals surface area (Å²) in [5.74, 6) is 0. The zero-order chi connectivity index (χ0) is 24.2. The molecule has 2 aromatic carbocycles. The van der Waals surface area contributed by atoms with Crippen LogP contribution in [0.3, 0.4) is 0 Å². The number of benzene rings is 2. The molecule has 0 saturated carbocycles. The molecule has 0 amide bonds. The highest BCUT2D eigenvalue weighted by molar-refractivity contribution is 5.76. The van der Waals surface area contributed by atoms with Crippen molar-refractivity contribution in [2.24, 2.45) is 0 Å². The molecule has 0 radical (unpaired) electrons. The van der Waals surface area contributed by atoms with Crippen LogP contribution in [0.5, 0.6) is 0 Å². The summed E-state index contributed by atoms with van der Waals surface area (Å²) in [7, 11) is 0. The van der Waals surface area contributed by atoms with Crippen LogP contribution in [0.15, 0.2) is 134 Å². The van der Waals surface area contributed by atoms with Crippen molar-refractivity contribution < 1.29 is 0 Å². The first-order chi connectivity index (χ1) is 17.8. The SMILES string of the molecule is c1ccc(-c2cccc(-c3ccnc(-c4cc(-c5ccc(-c6ccncc6)cc5)ccn4)c3)c2)nc1. The van der Waals surface area contributed by atoms with Crippen LogP contribution in [-0.4, -0.2) is 19.9 Å². The van der Waals surface area contributed by atoms with Gasteiger partial charge in [-0.25, -0.2) is 0 Å². The van der Waals surface area contributed by atoms with Crippen LogP contribution < -0.4 is 0 Å². The van der Waals surface area contributed by atoms with Crippen molar-refractivity contribution in [2.75, 3.05) is 0 Å². The van der Waals surface area contributed by atoms with Gasteiger partial charge >= 0.3 is 0 Å². The molecule has 0 atom stereocenters. The van der Waals surface area contributed by atoms with Crippen LogP contribution in [0.25, 0.3) is 56.0 Å². The van der Waals surface area contributed by atoms with E-state index < -0.39 is 0 Å². The first-order valence-corrected chi connectivity index (χ1v) is 11.8. The van der Waals surface area contributed by atoms with Crippen molar-refractivity contribution in [1.29, 1.82) is 0 Å². The molecule has 4 heterocycles. The normalized spacial score (nSPS) is 10.8. The third-order valence-electron chi connectivity index (χ3n) is 6.17. The van der Waals surface area contributed by atoms with Gasteiger partial charge in [-0.15, -0.1) is 0 Å². The molecule has 0 bridgehead atoms. The van der Waals surface area contributed by atoms with Gasteiger partial charge in [0.05, 0.1) is 17.1 Å². The fraction of sp³-hybridized carbons (Fsp3) is 0. The Labute approximate surface area is 210 Å². The highest BCUT2D eigenvalue weighted by Gasteiger charge is 2.08. The van der Waals surface area contributed by atoms with Crippen LogP contribution in [0.2, 0.25) is 0 Å². The van der Waals surface area contributed by atoms with Crippen molar-refractivity contribution in [1.82, 2.24) is 19.9 Å². The van der Waals surface area contributed by atoms with E-state index in [1.165, 1.54) is 0 Å². The highest BCUT2D eigenvalue weighted by atomic mass is 14.8. The van der Waals surface area contributed by atoms with E-state index in [1.54, 1.807) is 0 Å². The number of hydrogen-bond acceptors (Lipinski definition) is 4. The molecule has 0 aliphatic carbocycles. The van der Waals surface area contributed by atoms with Crippen LogP contribution in [0.1, 0.15) is 0 Å². The topological polar surface area (TPSA) is 51.6 Å². The fourth-order valence-electron chi connectivity index (χ4n) is 4.29. The van der Waals surface area contributed by atoms with Crippen molar-refractivity contribution in [2.45, 2.75) is 0 Å². The number of nitrogens with zero attached hydrogens (tertiary/aromatic N) is 4. The maximum absolute atomic E-state index is 4.62. The van der Waals surface area contributed by atoms with E-state index in [9.17, 15) is 0 Å². The van der Waals surface area contributed by atoms with E-state index in [-0.39, 0.29) is 0 Å². The predicted molar refractivity (Wildman–Crippen MR) is 145 cm³/mol. The Bertz CT molecular complexity index is 1610. The van der Waals surface area contributed by atoms with Crippen molar-refractivity contribution in [3.8, 4) is 56.0 Å². The average molecular weight is 463 g/mol. The van der Waals surface area contributed by atoms with Gasteiger partial charge in [0.15, 0.2) is 0 Å². The number of rotatable bonds is 5. The van der Waals surface area contributed by atoms with Gasteiger partial charge in [-0.2, -0.15) is 0 Å². The number of aromatic nitrogens is 4. The van der Waals surface area contributed by atoms with Gasteiger partial charge < -0.3 is 0 Å². The van der Waals surface area contributed by atoms with Crippen LogP contribution in [-0.2, 0) is 0 Å². The molecule has 4 heteroatoms. The van der Waals surface area contributed by atoms with Gasteiger partial charge in [0.2, 0.25) is 0 Å². The van der Waals surface area contributed by atoms with Gasteiger partial charge in [-0.05, 0) is 88.0 Å². The van der Waals surface area contributed by atoms with Crippen molar-refractivity contribution in [3.05, 3.63) is 134 Å².